The normalized spacial score (nSPS) is 28.3. The molecule has 2 fully saturated rings. The number of aliphatic hydroxyl groups excluding tert-OH is 1. The Labute approximate surface area is 214 Å². The lowest BCUT2D eigenvalue weighted by Gasteiger charge is -2.48. The van der Waals surface area contributed by atoms with Gasteiger partial charge in [-0.2, -0.15) is 0 Å². The Balaban J connectivity index is 1.70. The lowest BCUT2D eigenvalue weighted by molar-refractivity contribution is -0.339. The molecule has 4 rings (SSSR count). The fourth-order valence-corrected chi connectivity index (χ4v) is 4.95. The monoisotopic (exact) mass is 521 g/mol. The van der Waals surface area contributed by atoms with Crippen molar-refractivity contribution in [3.8, 4) is 11.5 Å². The first-order valence-corrected chi connectivity index (χ1v) is 12.3. The third-order valence-corrected chi connectivity index (χ3v) is 6.80. The topological polar surface area (TPSA) is 138 Å². The molecule has 11 nitrogen and oxygen atoms in total. The van der Waals surface area contributed by atoms with Gasteiger partial charge in [-0.1, -0.05) is 5.16 Å². The van der Waals surface area contributed by atoms with Gasteiger partial charge in [-0.15, -0.1) is 0 Å². The number of aromatic hydroxyl groups is 1. The van der Waals surface area contributed by atoms with E-state index in [-0.39, 0.29) is 22.6 Å². The summed E-state index contributed by atoms with van der Waals surface area (Å²) in [5, 5.41) is 26.0. The van der Waals surface area contributed by atoms with Crippen LogP contribution in [0.1, 0.15) is 51.2 Å². The Morgan fingerprint density at radius 2 is 1.97 bits per heavy atom. The largest absolute Gasteiger partial charge is 0.506 e. The zero-order valence-electron chi connectivity index (χ0n) is 22.0. The van der Waals surface area contributed by atoms with Gasteiger partial charge in [0.25, 0.3) is 0 Å². The van der Waals surface area contributed by atoms with Gasteiger partial charge in [-0.05, 0) is 59.1 Å². The highest BCUT2D eigenvalue weighted by atomic mass is 16.7. The van der Waals surface area contributed by atoms with E-state index < -0.39 is 42.1 Å². The number of oxime groups is 1. The quantitative estimate of drug-likeness (QED) is 0.318. The molecular formula is C26H35NO10. The van der Waals surface area contributed by atoms with Crippen LogP contribution >= 0.6 is 0 Å². The van der Waals surface area contributed by atoms with Gasteiger partial charge in [0.1, 0.15) is 42.0 Å². The molecule has 11 heteroatoms. The number of benzene rings is 1. The molecule has 0 aliphatic carbocycles. The van der Waals surface area contributed by atoms with Gasteiger partial charge in [-0.3, -0.25) is 0 Å². The zero-order chi connectivity index (χ0) is 26.9. The van der Waals surface area contributed by atoms with Crippen molar-refractivity contribution in [1.82, 2.24) is 0 Å². The molecular weight excluding hydrogens is 486 g/mol. The number of ether oxygens (including phenoxy) is 5. The summed E-state index contributed by atoms with van der Waals surface area (Å²) in [7, 11) is 2.85. The molecule has 1 unspecified atom stereocenters. The van der Waals surface area contributed by atoms with Gasteiger partial charge in [0.05, 0.1) is 16.7 Å². The van der Waals surface area contributed by atoms with Crippen molar-refractivity contribution < 1.29 is 43.2 Å². The summed E-state index contributed by atoms with van der Waals surface area (Å²) in [6.45, 7) is 7.39. The van der Waals surface area contributed by atoms with Crippen LogP contribution < -0.4 is 10.4 Å². The maximum atomic E-state index is 12.7. The number of aliphatic hydroxyl groups is 1. The molecule has 0 bridgehead atoms. The van der Waals surface area contributed by atoms with Crippen molar-refractivity contribution in [2.45, 2.75) is 83.5 Å². The molecule has 3 heterocycles. The average Bonchev–Trinajstić information content (AvgIpc) is 2.84. The van der Waals surface area contributed by atoms with Gasteiger partial charge in [-0.25, -0.2) is 4.79 Å². The van der Waals surface area contributed by atoms with Gasteiger partial charge in [0.2, 0.25) is 6.29 Å². The number of methoxy groups -OCH3 is 1. The van der Waals surface area contributed by atoms with E-state index in [4.69, 9.17) is 32.9 Å². The van der Waals surface area contributed by atoms with Crippen molar-refractivity contribution in [2.24, 2.45) is 5.16 Å². The number of hydrogen-bond donors (Lipinski definition) is 2. The number of fused-ring (bicyclic) bond motifs is 1. The molecule has 5 atom stereocenters. The Bertz CT molecular complexity index is 1200. The first-order valence-electron chi connectivity index (χ1n) is 12.3. The number of rotatable bonds is 7. The van der Waals surface area contributed by atoms with Crippen LogP contribution in [-0.2, 0) is 23.8 Å². The second-order valence-electron chi connectivity index (χ2n) is 9.79. The fraction of sp³-hybridized carbons (Fsp3) is 0.615. The molecule has 2 saturated heterocycles. The molecule has 2 aromatic rings. The van der Waals surface area contributed by atoms with Crippen LogP contribution in [0.4, 0.5) is 0 Å². The molecule has 1 aromatic heterocycles. The smallest absolute Gasteiger partial charge is 0.349 e. The summed E-state index contributed by atoms with van der Waals surface area (Å²) in [4.78, 5) is 17.4. The molecule has 2 aliphatic rings. The first-order chi connectivity index (χ1) is 17.6. The van der Waals surface area contributed by atoms with Gasteiger partial charge >= 0.3 is 5.63 Å². The minimum absolute atomic E-state index is 0.0885. The second kappa shape index (κ2) is 11.0. The van der Waals surface area contributed by atoms with E-state index >= 15 is 0 Å². The van der Waals surface area contributed by atoms with E-state index in [1.807, 2.05) is 0 Å². The molecule has 2 aliphatic heterocycles. The van der Waals surface area contributed by atoms with Crippen LogP contribution in [0.5, 0.6) is 11.5 Å². The highest BCUT2D eigenvalue weighted by molar-refractivity contribution is 6.04. The number of hydrogen-bond acceptors (Lipinski definition) is 11. The number of aryl methyl sites for hydroxylation is 1. The Morgan fingerprint density at radius 3 is 2.62 bits per heavy atom. The van der Waals surface area contributed by atoms with E-state index in [1.54, 1.807) is 32.9 Å². The Hall–Kier alpha value is -2.70. The molecule has 204 valence electrons. The maximum absolute atomic E-state index is 12.7. The summed E-state index contributed by atoms with van der Waals surface area (Å²) < 4.78 is 35.4. The number of nitrogens with zero attached hydrogens (tertiary/aromatic N) is 1. The molecule has 2 N–H and O–H groups in total. The van der Waals surface area contributed by atoms with Gasteiger partial charge in [0, 0.05) is 19.3 Å². The predicted molar refractivity (Wildman–Crippen MR) is 133 cm³/mol. The standard InChI is InChI=1S/C26H35NO10/c1-13-16(11-10-15-19(28)18(14(2)27-32-6)24(30)36-21(13)15)34-25-22(35-17-9-7-8-12-33-17)20(29)23(31-5)26(3,4)37-25/h10-11,17,20,22-23,25,28-29H,7-9,12H2,1-6H3/t17?,20-,22+,23+,25+/m0/s1. The molecule has 0 amide bonds. The maximum Gasteiger partial charge on any atom is 0.349 e. The zero-order valence-corrected chi connectivity index (χ0v) is 22.0. The Kier molecular flexibility index (Phi) is 8.10. The minimum Gasteiger partial charge on any atom is -0.506 e. The van der Waals surface area contributed by atoms with Gasteiger partial charge < -0.3 is 43.2 Å². The fourth-order valence-electron chi connectivity index (χ4n) is 4.95. The van der Waals surface area contributed by atoms with Crippen molar-refractivity contribution in [3.05, 3.63) is 33.7 Å². The van der Waals surface area contributed by atoms with Crippen LogP contribution in [0.15, 0.2) is 26.5 Å². The van der Waals surface area contributed by atoms with Crippen molar-refractivity contribution in [1.29, 1.82) is 0 Å². The van der Waals surface area contributed by atoms with E-state index in [0.29, 0.717) is 29.7 Å². The van der Waals surface area contributed by atoms with Crippen molar-refractivity contribution in [2.75, 3.05) is 20.8 Å². The molecule has 1 aromatic carbocycles. The highest BCUT2D eigenvalue weighted by Gasteiger charge is 2.52. The molecule has 0 spiro atoms. The Morgan fingerprint density at radius 1 is 1.22 bits per heavy atom. The third-order valence-electron chi connectivity index (χ3n) is 6.80. The van der Waals surface area contributed by atoms with E-state index in [9.17, 15) is 15.0 Å². The first kappa shape index (κ1) is 27.3. The summed E-state index contributed by atoms with van der Waals surface area (Å²) in [5.41, 5.74) is -0.989. The second-order valence-corrected chi connectivity index (χ2v) is 9.79. The molecule has 37 heavy (non-hydrogen) atoms. The predicted octanol–water partition coefficient (Wildman–Crippen LogP) is 2.98. The van der Waals surface area contributed by atoms with Crippen LogP contribution in [0.2, 0.25) is 0 Å². The summed E-state index contributed by atoms with van der Waals surface area (Å²) in [6, 6.07) is 3.20. The van der Waals surface area contributed by atoms with Crippen LogP contribution in [-0.4, -0.2) is 73.2 Å². The van der Waals surface area contributed by atoms with E-state index in [2.05, 4.69) is 5.16 Å². The van der Waals surface area contributed by atoms with Crippen molar-refractivity contribution in [3.63, 3.8) is 0 Å². The average molecular weight is 522 g/mol. The van der Waals surface area contributed by atoms with E-state index in [1.165, 1.54) is 21.1 Å². The summed E-state index contributed by atoms with van der Waals surface area (Å²) in [5.74, 6) is 0.0513. The summed E-state index contributed by atoms with van der Waals surface area (Å²) in [6.07, 6.45) is -1.64. The van der Waals surface area contributed by atoms with Crippen LogP contribution in [0.25, 0.3) is 11.0 Å². The molecule has 0 saturated carbocycles. The lowest BCUT2D eigenvalue weighted by Crippen LogP contribution is -2.65. The van der Waals surface area contributed by atoms with Crippen molar-refractivity contribution >= 4 is 16.7 Å². The van der Waals surface area contributed by atoms with Crippen LogP contribution in [0.3, 0.4) is 0 Å². The SMILES string of the molecule is CON=C(C)c1c(O)c2ccc(O[C@@H]3OC(C)(C)[C@H](OC)[C@@H](O)[C@H]3OC3CCCCO3)c(C)c2oc1=O. The summed E-state index contributed by atoms with van der Waals surface area (Å²) >= 11 is 0. The van der Waals surface area contributed by atoms with E-state index in [0.717, 1.165) is 12.8 Å². The molecule has 0 radical (unpaired) electrons. The van der Waals surface area contributed by atoms with Crippen LogP contribution in [0, 0.1) is 6.92 Å². The lowest BCUT2D eigenvalue weighted by atomic mass is 9.89. The highest BCUT2D eigenvalue weighted by Crippen LogP contribution is 2.38. The third kappa shape index (κ3) is 5.32. The minimum atomic E-state index is -1.07. The van der Waals surface area contributed by atoms with Gasteiger partial charge in [0.15, 0.2) is 12.4 Å².